The summed E-state index contributed by atoms with van der Waals surface area (Å²) in [6, 6.07) is 6.78. The van der Waals surface area contributed by atoms with E-state index < -0.39 is 11.7 Å². The molecule has 0 aromatic heterocycles. The summed E-state index contributed by atoms with van der Waals surface area (Å²) in [5.74, 6) is -1.56. The van der Waals surface area contributed by atoms with Crippen molar-refractivity contribution in [1.82, 2.24) is 5.32 Å². The average molecular weight is 409 g/mol. The van der Waals surface area contributed by atoms with Crippen LogP contribution in [-0.4, -0.2) is 12.5 Å². The highest BCUT2D eigenvalue weighted by Crippen LogP contribution is 2.24. The Kier molecular flexibility index (Phi) is 5.78. The SMILES string of the molecule is O=C(NCCc1ccc(F)c(Br)c1)c1cc(F)c(Cl)cc1Cl. The molecule has 22 heavy (non-hydrogen) atoms. The fourth-order valence-corrected chi connectivity index (χ4v) is 2.70. The van der Waals surface area contributed by atoms with E-state index in [9.17, 15) is 13.6 Å². The van der Waals surface area contributed by atoms with Crippen LogP contribution in [-0.2, 0) is 6.42 Å². The molecule has 1 amide bonds. The number of hydrogen-bond donors (Lipinski definition) is 1. The van der Waals surface area contributed by atoms with Gasteiger partial charge < -0.3 is 5.32 Å². The second-order valence-corrected chi connectivity index (χ2v) is 6.17. The van der Waals surface area contributed by atoms with Gasteiger partial charge in [-0.15, -0.1) is 0 Å². The van der Waals surface area contributed by atoms with Gasteiger partial charge in [-0.2, -0.15) is 0 Å². The largest absolute Gasteiger partial charge is 0.352 e. The van der Waals surface area contributed by atoms with Crippen molar-refractivity contribution in [3.8, 4) is 0 Å². The van der Waals surface area contributed by atoms with E-state index in [1.807, 2.05) is 0 Å². The lowest BCUT2D eigenvalue weighted by molar-refractivity contribution is 0.0954. The van der Waals surface area contributed by atoms with Gasteiger partial charge in [0.25, 0.3) is 5.91 Å². The molecule has 1 N–H and O–H groups in total. The van der Waals surface area contributed by atoms with Crippen LogP contribution in [0.3, 0.4) is 0 Å². The predicted molar refractivity (Wildman–Crippen MR) is 86.6 cm³/mol. The molecule has 2 aromatic rings. The van der Waals surface area contributed by atoms with Crippen LogP contribution < -0.4 is 5.32 Å². The Balaban J connectivity index is 1.98. The summed E-state index contributed by atoms with van der Waals surface area (Å²) in [5.41, 5.74) is 0.866. The molecule has 0 aliphatic carbocycles. The number of benzene rings is 2. The van der Waals surface area contributed by atoms with Crippen molar-refractivity contribution in [2.24, 2.45) is 0 Å². The highest BCUT2D eigenvalue weighted by atomic mass is 79.9. The van der Waals surface area contributed by atoms with Crippen molar-refractivity contribution in [2.45, 2.75) is 6.42 Å². The summed E-state index contributed by atoms with van der Waals surface area (Å²) in [6.07, 6.45) is 0.498. The average Bonchev–Trinajstić information content (AvgIpc) is 2.46. The smallest absolute Gasteiger partial charge is 0.252 e. The molecule has 2 aromatic carbocycles. The molecule has 0 fully saturated rings. The van der Waals surface area contributed by atoms with Crippen LogP contribution in [0.5, 0.6) is 0 Å². The Bertz CT molecular complexity index is 725. The van der Waals surface area contributed by atoms with E-state index in [1.165, 1.54) is 12.1 Å². The minimum Gasteiger partial charge on any atom is -0.352 e. The Hall–Kier alpha value is -1.17. The first-order valence-corrected chi connectivity index (χ1v) is 7.80. The van der Waals surface area contributed by atoms with Crippen LogP contribution in [0.4, 0.5) is 8.78 Å². The molecule has 2 nitrogen and oxygen atoms in total. The maximum absolute atomic E-state index is 13.4. The van der Waals surface area contributed by atoms with E-state index in [1.54, 1.807) is 12.1 Å². The molecule has 0 heterocycles. The molecule has 0 radical (unpaired) electrons. The number of carbonyl (C=O) groups excluding carboxylic acids is 1. The second-order valence-electron chi connectivity index (χ2n) is 4.50. The van der Waals surface area contributed by atoms with Gasteiger partial charge in [-0.1, -0.05) is 29.3 Å². The van der Waals surface area contributed by atoms with Crippen LogP contribution in [0.25, 0.3) is 0 Å². The lowest BCUT2D eigenvalue weighted by atomic mass is 10.1. The summed E-state index contributed by atoms with van der Waals surface area (Å²) in [4.78, 5) is 12.0. The van der Waals surface area contributed by atoms with Crippen molar-refractivity contribution in [1.29, 1.82) is 0 Å². The van der Waals surface area contributed by atoms with Gasteiger partial charge >= 0.3 is 0 Å². The number of rotatable bonds is 4. The standard InChI is InChI=1S/C15H10BrCl2F2NO/c16-10-5-8(1-2-13(10)19)3-4-21-15(22)9-6-14(20)12(18)7-11(9)17/h1-2,5-7H,3-4H2,(H,21,22). The van der Waals surface area contributed by atoms with Crippen LogP contribution in [0.15, 0.2) is 34.8 Å². The van der Waals surface area contributed by atoms with Crippen molar-refractivity contribution >= 4 is 45.0 Å². The molecule has 0 bridgehead atoms. The van der Waals surface area contributed by atoms with Gasteiger partial charge in [0.1, 0.15) is 11.6 Å². The number of carbonyl (C=O) groups is 1. The van der Waals surface area contributed by atoms with E-state index in [-0.39, 0.29) is 21.4 Å². The van der Waals surface area contributed by atoms with E-state index >= 15 is 0 Å². The molecular weight excluding hydrogens is 399 g/mol. The molecular formula is C15H10BrCl2F2NO. The molecule has 0 aliphatic rings. The molecule has 0 spiro atoms. The zero-order chi connectivity index (χ0) is 16.3. The van der Waals surface area contributed by atoms with Crippen LogP contribution >= 0.6 is 39.1 Å². The minimum atomic E-state index is -0.710. The number of amides is 1. The van der Waals surface area contributed by atoms with Crippen molar-refractivity contribution in [3.63, 3.8) is 0 Å². The molecule has 0 unspecified atom stereocenters. The predicted octanol–water partition coefficient (Wildman–Crippen LogP) is 5.01. The van der Waals surface area contributed by atoms with E-state index in [0.717, 1.165) is 11.6 Å². The van der Waals surface area contributed by atoms with Gasteiger partial charge in [0, 0.05) is 6.54 Å². The topological polar surface area (TPSA) is 29.1 Å². The van der Waals surface area contributed by atoms with Gasteiger partial charge in [-0.05, 0) is 52.2 Å². The lowest BCUT2D eigenvalue weighted by Gasteiger charge is -2.08. The third-order valence-corrected chi connectivity index (χ3v) is 4.15. The quantitative estimate of drug-likeness (QED) is 0.708. The first kappa shape index (κ1) is 17.2. The summed E-state index contributed by atoms with van der Waals surface area (Å²) >= 11 is 14.5. The summed E-state index contributed by atoms with van der Waals surface area (Å²) in [6.45, 7) is 0.303. The van der Waals surface area contributed by atoms with Crippen LogP contribution in [0.2, 0.25) is 10.0 Å². The Morgan fingerprint density at radius 3 is 2.50 bits per heavy atom. The van der Waals surface area contributed by atoms with Gasteiger partial charge in [-0.3, -0.25) is 4.79 Å². The van der Waals surface area contributed by atoms with Crippen LogP contribution in [0, 0.1) is 11.6 Å². The first-order valence-electron chi connectivity index (χ1n) is 6.25. The lowest BCUT2D eigenvalue weighted by Crippen LogP contribution is -2.26. The molecule has 0 saturated carbocycles. The number of halogens is 5. The second kappa shape index (κ2) is 7.40. The third-order valence-electron chi connectivity index (χ3n) is 2.94. The maximum Gasteiger partial charge on any atom is 0.252 e. The molecule has 7 heteroatoms. The summed E-state index contributed by atoms with van der Waals surface area (Å²) in [7, 11) is 0. The molecule has 0 saturated heterocycles. The molecule has 0 atom stereocenters. The molecule has 2 rings (SSSR count). The zero-order valence-corrected chi connectivity index (χ0v) is 14.2. The van der Waals surface area contributed by atoms with Crippen molar-refractivity contribution in [2.75, 3.05) is 6.54 Å². The van der Waals surface area contributed by atoms with Gasteiger partial charge in [0.15, 0.2) is 0 Å². The van der Waals surface area contributed by atoms with E-state index in [0.29, 0.717) is 17.4 Å². The molecule has 0 aliphatic heterocycles. The zero-order valence-electron chi connectivity index (χ0n) is 11.1. The first-order chi connectivity index (χ1) is 10.4. The maximum atomic E-state index is 13.4. The highest BCUT2D eigenvalue weighted by Gasteiger charge is 2.13. The Labute approximate surface area is 144 Å². The Morgan fingerprint density at radius 2 is 1.82 bits per heavy atom. The van der Waals surface area contributed by atoms with E-state index in [4.69, 9.17) is 23.2 Å². The van der Waals surface area contributed by atoms with Gasteiger partial charge in [0.05, 0.1) is 20.1 Å². The van der Waals surface area contributed by atoms with E-state index in [2.05, 4.69) is 21.2 Å². The third kappa shape index (κ3) is 4.18. The minimum absolute atomic E-state index is 0.0175. The van der Waals surface area contributed by atoms with Crippen molar-refractivity contribution in [3.05, 3.63) is 67.6 Å². The monoisotopic (exact) mass is 407 g/mol. The fraction of sp³-hybridized carbons (Fsp3) is 0.133. The number of hydrogen-bond acceptors (Lipinski definition) is 1. The summed E-state index contributed by atoms with van der Waals surface area (Å²) in [5, 5.41) is 2.56. The normalized spacial score (nSPS) is 10.6. The van der Waals surface area contributed by atoms with Crippen LogP contribution in [0.1, 0.15) is 15.9 Å². The fourth-order valence-electron chi connectivity index (χ4n) is 1.81. The van der Waals surface area contributed by atoms with Gasteiger partial charge in [-0.25, -0.2) is 8.78 Å². The van der Waals surface area contributed by atoms with Gasteiger partial charge in [0.2, 0.25) is 0 Å². The Morgan fingerprint density at radius 1 is 1.09 bits per heavy atom. The highest BCUT2D eigenvalue weighted by molar-refractivity contribution is 9.10. The number of nitrogens with one attached hydrogen (secondary N) is 1. The van der Waals surface area contributed by atoms with Crippen molar-refractivity contribution < 1.29 is 13.6 Å². The summed E-state index contributed by atoms with van der Waals surface area (Å²) < 4.78 is 26.8. The molecule has 116 valence electrons.